The SMILES string of the molecule is CCN(CC)CCCN(CC)CC(=O)O. The van der Waals surface area contributed by atoms with Crippen LogP contribution in [0.2, 0.25) is 0 Å². The van der Waals surface area contributed by atoms with Crippen molar-refractivity contribution < 1.29 is 9.90 Å². The maximum absolute atomic E-state index is 10.5. The Kier molecular flexibility index (Phi) is 8.33. The average Bonchev–Trinajstić information content (AvgIpc) is 2.22. The van der Waals surface area contributed by atoms with Crippen molar-refractivity contribution in [3.63, 3.8) is 0 Å². The Morgan fingerprint density at radius 1 is 1.00 bits per heavy atom. The number of carboxylic acids is 1. The Hall–Kier alpha value is -0.610. The number of rotatable bonds is 9. The van der Waals surface area contributed by atoms with Crippen LogP contribution < -0.4 is 0 Å². The molecule has 0 unspecified atom stereocenters. The molecule has 0 aliphatic heterocycles. The minimum Gasteiger partial charge on any atom is -0.480 e. The number of nitrogens with zero attached hydrogens (tertiary/aromatic N) is 2. The Labute approximate surface area is 92.9 Å². The Morgan fingerprint density at radius 2 is 1.47 bits per heavy atom. The van der Waals surface area contributed by atoms with Crippen molar-refractivity contribution in [2.24, 2.45) is 0 Å². The Balaban J connectivity index is 3.66. The summed E-state index contributed by atoms with van der Waals surface area (Å²) < 4.78 is 0. The van der Waals surface area contributed by atoms with E-state index in [4.69, 9.17) is 5.11 Å². The summed E-state index contributed by atoms with van der Waals surface area (Å²) >= 11 is 0. The number of aliphatic carboxylic acids is 1. The average molecular weight is 216 g/mol. The van der Waals surface area contributed by atoms with E-state index in [9.17, 15) is 4.79 Å². The van der Waals surface area contributed by atoms with Crippen LogP contribution in [0.5, 0.6) is 0 Å². The van der Waals surface area contributed by atoms with Gasteiger partial charge in [0.2, 0.25) is 0 Å². The van der Waals surface area contributed by atoms with Gasteiger partial charge in [-0.25, -0.2) is 0 Å². The highest BCUT2D eigenvalue weighted by Gasteiger charge is 2.07. The molecule has 15 heavy (non-hydrogen) atoms. The van der Waals surface area contributed by atoms with Gasteiger partial charge in [0.1, 0.15) is 0 Å². The number of hydrogen-bond acceptors (Lipinski definition) is 3. The fraction of sp³-hybridized carbons (Fsp3) is 0.909. The van der Waals surface area contributed by atoms with Gasteiger partial charge in [0.15, 0.2) is 0 Å². The Bertz CT molecular complexity index is 170. The monoisotopic (exact) mass is 216 g/mol. The molecule has 90 valence electrons. The summed E-state index contributed by atoms with van der Waals surface area (Å²) in [7, 11) is 0. The van der Waals surface area contributed by atoms with Gasteiger partial charge in [-0.05, 0) is 39.1 Å². The van der Waals surface area contributed by atoms with E-state index >= 15 is 0 Å². The smallest absolute Gasteiger partial charge is 0.317 e. The molecule has 0 radical (unpaired) electrons. The van der Waals surface area contributed by atoms with E-state index < -0.39 is 5.97 Å². The summed E-state index contributed by atoms with van der Waals surface area (Å²) in [6.07, 6.45) is 1.04. The second-order valence-corrected chi connectivity index (χ2v) is 3.64. The molecule has 0 amide bonds. The molecule has 0 aliphatic carbocycles. The predicted octanol–water partition coefficient (Wildman–Crippen LogP) is 1.12. The van der Waals surface area contributed by atoms with Crippen molar-refractivity contribution in [3.8, 4) is 0 Å². The van der Waals surface area contributed by atoms with Crippen LogP contribution in [0.25, 0.3) is 0 Å². The molecule has 0 aliphatic rings. The van der Waals surface area contributed by atoms with Crippen molar-refractivity contribution >= 4 is 5.97 Å². The second kappa shape index (κ2) is 8.68. The first-order chi connectivity index (χ1) is 7.13. The summed E-state index contributed by atoms with van der Waals surface area (Å²) in [6.45, 7) is 11.3. The molecule has 0 atom stereocenters. The van der Waals surface area contributed by atoms with Gasteiger partial charge in [-0.1, -0.05) is 20.8 Å². The molecular weight excluding hydrogens is 192 g/mol. The fourth-order valence-corrected chi connectivity index (χ4v) is 1.60. The first-order valence-electron chi connectivity index (χ1n) is 5.80. The molecule has 0 rings (SSSR count). The maximum atomic E-state index is 10.5. The molecule has 0 spiro atoms. The highest BCUT2D eigenvalue weighted by molar-refractivity contribution is 5.69. The molecule has 0 aromatic rings. The normalized spacial score (nSPS) is 11.3. The summed E-state index contributed by atoms with van der Waals surface area (Å²) in [5, 5.41) is 8.66. The largest absolute Gasteiger partial charge is 0.480 e. The summed E-state index contributed by atoms with van der Waals surface area (Å²) in [4.78, 5) is 14.8. The van der Waals surface area contributed by atoms with Crippen LogP contribution in [0.3, 0.4) is 0 Å². The van der Waals surface area contributed by atoms with Gasteiger partial charge in [-0.15, -0.1) is 0 Å². The molecule has 0 heterocycles. The van der Waals surface area contributed by atoms with Gasteiger partial charge in [-0.3, -0.25) is 9.69 Å². The lowest BCUT2D eigenvalue weighted by molar-refractivity contribution is -0.138. The van der Waals surface area contributed by atoms with Gasteiger partial charge in [-0.2, -0.15) is 0 Å². The summed E-state index contributed by atoms with van der Waals surface area (Å²) in [5.41, 5.74) is 0. The van der Waals surface area contributed by atoms with Crippen LogP contribution in [-0.2, 0) is 4.79 Å². The number of likely N-dealkylation sites (N-methyl/N-ethyl adjacent to an activating group) is 1. The molecular formula is C11H24N2O2. The van der Waals surface area contributed by atoms with Gasteiger partial charge in [0.25, 0.3) is 0 Å². The van der Waals surface area contributed by atoms with Crippen molar-refractivity contribution in [2.75, 3.05) is 39.3 Å². The topological polar surface area (TPSA) is 43.8 Å². The quantitative estimate of drug-likeness (QED) is 0.627. The molecule has 1 N–H and O–H groups in total. The third kappa shape index (κ3) is 7.33. The van der Waals surface area contributed by atoms with Crippen molar-refractivity contribution in [3.05, 3.63) is 0 Å². The zero-order valence-corrected chi connectivity index (χ0v) is 10.2. The highest BCUT2D eigenvalue weighted by atomic mass is 16.4. The number of carbonyl (C=O) groups is 1. The van der Waals surface area contributed by atoms with Gasteiger partial charge < -0.3 is 10.0 Å². The van der Waals surface area contributed by atoms with Gasteiger partial charge in [0.05, 0.1) is 6.54 Å². The van der Waals surface area contributed by atoms with E-state index in [2.05, 4.69) is 18.7 Å². The fourth-order valence-electron chi connectivity index (χ4n) is 1.60. The van der Waals surface area contributed by atoms with E-state index in [0.29, 0.717) is 0 Å². The standard InChI is InChI=1S/C11H24N2O2/c1-4-12(5-2)8-7-9-13(6-3)10-11(14)15/h4-10H2,1-3H3,(H,14,15). The molecule has 0 saturated carbocycles. The molecule has 0 aromatic carbocycles. The maximum Gasteiger partial charge on any atom is 0.317 e. The van der Waals surface area contributed by atoms with Crippen LogP contribution in [0, 0.1) is 0 Å². The number of carboxylic acid groups (broad SMARTS) is 1. The molecule has 4 heteroatoms. The number of hydrogen-bond donors (Lipinski definition) is 1. The minimum absolute atomic E-state index is 0.161. The van der Waals surface area contributed by atoms with Gasteiger partial charge >= 0.3 is 5.97 Å². The van der Waals surface area contributed by atoms with Crippen molar-refractivity contribution in [2.45, 2.75) is 27.2 Å². The van der Waals surface area contributed by atoms with Crippen LogP contribution in [0.15, 0.2) is 0 Å². The molecule has 0 aromatic heterocycles. The molecule has 4 nitrogen and oxygen atoms in total. The van der Waals surface area contributed by atoms with Crippen molar-refractivity contribution in [1.29, 1.82) is 0 Å². The van der Waals surface area contributed by atoms with Crippen LogP contribution in [0.4, 0.5) is 0 Å². The lowest BCUT2D eigenvalue weighted by Gasteiger charge is -2.21. The zero-order valence-electron chi connectivity index (χ0n) is 10.2. The highest BCUT2D eigenvalue weighted by Crippen LogP contribution is 1.95. The third-order valence-electron chi connectivity index (χ3n) is 2.65. The minimum atomic E-state index is -0.736. The lowest BCUT2D eigenvalue weighted by Crippen LogP contribution is -2.33. The Morgan fingerprint density at radius 3 is 1.87 bits per heavy atom. The third-order valence-corrected chi connectivity index (χ3v) is 2.65. The van der Waals surface area contributed by atoms with Crippen LogP contribution in [0.1, 0.15) is 27.2 Å². The van der Waals surface area contributed by atoms with Gasteiger partial charge in [0, 0.05) is 0 Å². The first kappa shape index (κ1) is 14.4. The predicted molar refractivity (Wildman–Crippen MR) is 62.2 cm³/mol. The van der Waals surface area contributed by atoms with E-state index in [1.807, 2.05) is 11.8 Å². The second-order valence-electron chi connectivity index (χ2n) is 3.64. The van der Waals surface area contributed by atoms with E-state index in [1.165, 1.54) is 0 Å². The lowest BCUT2D eigenvalue weighted by atomic mass is 10.3. The van der Waals surface area contributed by atoms with E-state index in [1.54, 1.807) is 0 Å². The molecule has 0 fully saturated rings. The first-order valence-corrected chi connectivity index (χ1v) is 5.80. The molecule has 0 bridgehead atoms. The van der Waals surface area contributed by atoms with Crippen molar-refractivity contribution in [1.82, 2.24) is 9.80 Å². The summed E-state index contributed by atoms with van der Waals surface area (Å²) in [6, 6.07) is 0. The summed E-state index contributed by atoms with van der Waals surface area (Å²) in [5.74, 6) is -0.736. The van der Waals surface area contributed by atoms with Crippen LogP contribution >= 0.6 is 0 Å². The van der Waals surface area contributed by atoms with E-state index in [-0.39, 0.29) is 6.54 Å². The van der Waals surface area contributed by atoms with E-state index in [0.717, 1.165) is 39.1 Å². The zero-order chi connectivity index (χ0) is 11.7. The van der Waals surface area contributed by atoms with Crippen LogP contribution in [-0.4, -0.2) is 60.1 Å². The molecule has 0 saturated heterocycles.